The van der Waals surface area contributed by atoms with Crippen LogP contribution in [-0.4, -0.2) is 78.2 Å². The van der Waals surface area contributed by atoms with E-state index in [1.54, 1.807) is 25.3 Å². The number of piperidine rings is 1. The average molecular weight is 427 g/mol. The van der Waals surface area contributed by atoms with E-state index in [2.05, 4.69) is 5.32 Å². The van der Waals surface area contributed by atoms with Gasteiger partial charge in [0.2, 0.25) is 15.9 Å². The molecule has 0 saturated carbocycles. The highest BCUT2D eigenvalue weighted by Crippen LogP contribution is 2.27. The topological polar surface area (TPSA) is 89.4 Å². The Balaban J connectivity index is 1.48. The molecule has 2 heterocycles. The van der Waals surface area contributed by atoms with Gasteiger partial charge in [0, 0.05) is 19.0 Å². The third-order valence-corrected chi connectivity index (χ3v) is 7.70. The smallest absolute Gasteiger partial charge is 0.243 e. The van der Waals surface area contributed by atoms with Gasteiger partial charge in [-0.25, -0.2) is 8.42 Å². The van der Waals surface area contributed by atoms with Crippen molar-refractivity contribution in [3.8, 4) is 5.75 Å². The molecule has 3 rings (SSSR count). The number of aryl methyl sites for hydroxylation is 1. The van der Waals surface area contributed by atoms with Crippen molar-refractivity contribution >= 4 is 15.9 Å². The SMILES string of the molecule is COc1ccc(S(=O)(=O)N2CCC(C(=O)NCC[NH+]3CCOCC3)CC2)cc1C. The number of nitrogens with one attached hydrogen (secondary N) is 2. The van der Waals surface area contributed by atoms with E-state index in [0.717, 1.165) is 38.4 Å². The zero-order chi connectivity index (χ0) is 20.9. The van der Waals surface area contributed by atoms with E-state index >= 15 is 0 Å². The number of quaternary nitrogens is 1. The van der Waals surface area contributed by atoms with Crippen molar-refractivity contribution in [1.82, 2.24) is 9.62 Å². The molecule has 0 aliphatic carbocycles. The van der Waals surface area contributed by atoms with Gasteiger partial charge in [0.25, 0.3) is 0 Å². The lowest BCUT2D eigenvalue weighted by Crippen LogP contribution is -3.14. The van der Waals surface area contributed by atoms with Gasteiger partial charge >= 0.3 is 0 Å². The molecule has 162 valence electrons. The van der Waals surface area contributed by atoms with Crippen molar-refractivity contribution in [3.63, 3.8) is 0 Å². The number of rotatable bonds is 7. The number of amides is 1. The molecular formula is C20H32N3O5S+. The zero-order valence-corrected chi connectivity index (χ0v) is 18.1. The zero-order valence-electron chi connectivity index (χ0n) is 17.3. The summed E-state index contributed by atoms with van der Waals surface area (Å²) in [6.07, 6.45) is 1.09. The molecule has 2 fully saturated rings. The second kappa shape index (κ2) is 9.88. The Morgan fingerprint density at radius 1 is 1.28 bits per heavy atom. The average Bonchev–Trinajstić information content (AvgIpc) is 2.74. The van der Waals surface area contributed by atoms with E-state index in [-0.39, 0.29) is 16.7 Å². The summed E-state index contributed by atoms with van der Waals surface area (Å²) in [6, 6.07) is 4.90. The molecule has 29 heavy (non-hydrogen) atoms. The van der Waals surface area contributed by atoms with Crippen LogP contribution in [0.3, 0.4) is 0 Å². The van der Waals surface area contributed by atoms with Crippen LogP contribution in [0, 0.1) is 12.8 Å². The number of methoxy groups -OCH3 is 1. The van der Waals surface area contributed by atoms with E-state index in [9.17, 15) is 13.2 Å². The normalized spacial score (nSPS) is 19.8. The molecule has 8 nitrogen and oxygen atoms in total. The number of hydrogen-bond donors (Lipinski definition) is 2. The van der Waals surface area contributed by atoms with Gasteiger partial charge in [0.15, 0.2) is 0 Å². The second-order valence-electron chi connectivity index (χ2n) is 7.71. The van der Waals surface area contributed by atoms with Crippen molar-refractivity contribution in [1.29, 1.82) is 0 Å². The Bertz CT molecular complexity index is 800. The molecular weight excluding hydrogens is 394 g/mol. The minimum Gasteiger partial charge on any atom is -0.496 e. The lowest BCUT2D eigenvalue weighted by molar-refractivity contribution is -0.906. The van der Waals surface area contributed by atoms with Crippen molar-refractivity contribution in [2.45, 2.75) is 24.7 Å². The molecule has 0 bridgehead atoms. The molecule has 0 radical (unpaired) electrons. The van der Waals surface area contributed by atoms with Crippen molar-refractivity contribution < 1.29 is 27.6 Å². The van der Waals surface area contributed by atoms with Crippen LogP contribution in [0.5, 0.6) is 5.75 Å². The van der Waals surface area contributed by atoms with Crippen LogP contribution in [0.4, 0.5) is 0 Å². The van der Waals surface area contributed by atoms with Crippen LogP contribution in [0.15, 0.2) is 23.1 Å². The molecule has 1 aromatic carbocycles. The molecule has 2 aliphatic heterocycles. The van der Waals surface area contributed by atoms with Crippen molar-refractivity contribution in [2.24, 2.45) is 5.92 Å². The number of morpholine rings is 1. The summed E-state index contributed by atoms with van der Waals surface area (Å²) < 4.78 is 37.9. The first-order valence-corrected chi connectivity index (χ1v) is 11.7. The van der Waals surface area contributed by atoms with E-state index in [1.165, 1.54) is 9.21 Å². The standard InChI is InChI=1S/C20H31N3O5S/c1-16-15-18(3-4-19(16)27-2)29(25,26)23-8-5-17(6-9-23)20(24)21-7-10-22-11-13-28-14-12-22/h3-4,15,17H,5-14H2,1-2H3,(H,21,24)/p+1. The van der Waals surface area contributed by atoms with Crippen LogP contribution in [0.2, 0.25) is 0 Å². The summed E-state index contributed by atoms with van der Waals surface area (Å²) in [7, 11) is -2.00. The second-order valence-corrected chi connectivity index (χ2v) is 9.65. The number of benzene rings is 1. The molecule has 9 heteroatoms. The van der Waals surface area contributed by atoms with Crippen LogP contribution in [-0.2, 0) is 19.6 Å². The van der Waals surface area contributed by atoms with Crippen LogP contribution in [0.1, 0.15) is 18.4 Å². The maximum absolute atomic E-state index is 12.9. The fraction of sp³-hybridized carbons (Fsp3) is 0.650. The van der Waals surface area contributed by atoms with Crippen molar-refractivity contribution in [2.75, 3.05) is 59.6 Å². The maximum atomic E-state index is 12.9. The fourth-order valence-corrected chi connectivity index (χ4v) is 5.49. The van der Waals surface area contributed by atoms with Gasteiger partial charge in [-0.05, 0) is 43.5 Å². The van der Waals surface area contributed by atoms with E-state index in [4.69, 9.17) is 9.47 Å². The third kappa shape index (κ3) is 5.48. The van der Waals surface area contributed by atoms with Gasteiger partial charge in [-0.1, -0.05) is 0 Å². The molecule has 0 aromatic heterocycles. The van der Waals surface area contributed by atoms with Crippen LogP contribution in [0.25, 0.3) is 0 Å². The van der Waals surface area contributed by atoms with Gasteiger partial charge in [-0.3, -0.25) is 4.79 Å². The summed E-state index contributed by atoms with van der Waals surface area (Å²) in [5.41, 5.74) is 0.783. The van der Waals surface area contributed by atoms with Crippen LogP contribution >= 0.6 is 0 Å². The van der Waals surface area contributed by atoms with E-state index < -0.39 is 10.0 Å². The lowest BCUT2D eigenvalue weighted by Gasteiger charge is -2.31. The Morgan fingerprint density at radius 2 is 1.97 bits per heavy atom. The number of carbonyl (C=O) groups is 1. The predicted octanol–water partition coefficient (Wildman–Crippen LogP) is -0.564. The number of ether oxygens (including phenoxy) is 2. The summed E-state index contributed by atoms with van der Waals surface area (Å²) in [6.45, 7) is 7.63. The number of hydrogen-bond acceptors (Lipinski definition) is 5. The van der Waals surface area contributed by atoms with Crippen LogP contribution < -0.4 is 15.0 Å². The highest BCUT2D eigenvalue weighted by atomic mass is 32.2. The number of nitrogens with zero attached hydrogens (tertiary/aromatic N) is 1. The molecule has 0 spiro atoms. The fourth-order valence-electron chi connectivity index (χ4n) is 3.94. The molecule has 1 amide bonds. The van der Waals surface area contributed by atoms with Gasteiger partial charge in [-0.15, -0.1) is 0 Å². The quantitative estimate of drug-likeness (QED) is 0.610. The van der Waals surface area contributed by atoms with Crippen molar-refractivity contribution in [3.05, 3.63) is 23.8 Å². The first kappa shape index (κ1) is 22.0. The molecule has 2 N–H and O–H groups in total. The Morgan fingerprint density at radius 3 is 2.59 bits per heavy atom. The largest absolute Gasteiger partial charge is 0.496 e. The van der Waals surface area contributed by atoms with Gasteiger partial charge in [-0.2, -0.15) is 4.31 Å². The van der Waals surface area contributed by atoms with Gasteiger partial charge < -0.3 is 19.7 Å². The highest BCUT2D eigenvalue weighted by Gasteiger charge is 2.32. The maximum Gasteiger partial charge on any atom is 0.243 e. The first-order valence-electron chi connectivity index (χ1n) is 10.3. The number of carbonyl (C=O) groups excluding carboxylic acids is 1. The molecule has 1 aromatic rings. The van der Waals surface area contributed by atoms with Gasteiger partial charge in [0.05, 0.1) is 38.3 Å². The van der Waals surface area contributed by atoms with E-state index in [1.807, 2.05) is 6.92 Å². The summed E-state index contributed by atoms with van der Waals surface area (Å²) in [5.74, 6) is 0.576. The first-order chi connectivity index (χ1) is 13.9. The predicted molar refractivity (Wildman–Crippen MR) is 109 cm³/mol. The Labute approximate surface area is 173 Å². The molecule has 0 atom stereocenters. The Hall–Kier alpha value is -1.68. The summed E-state index contributed by atoms with van der Waals surface area (Å²) in [4.78, 5) is 14.2. The summed E-state index contributed by atoms with van der Waals surface area (Å²) >= 11 is 0. The lowest BCUT2D eigenvalue weighted by atomic mass is 9.97. The Kier molecular flexibility index (Phi) is 7.50. The summed E-state index contributed by atoms with van der Waals surface area (Å²) in [5, 5.41) is 3.02. The van der Waals surface area contributed by atoms with E-state index in [0.29, 0.717) is 38.2 Å². The third-order valence-electron chi connectivity index (χ3n) is 5.81. The minimum absolute atomic E-state index is 0.0370. The highest BCUT2D eigenvalue weighted by molar-refractivity contribution is 7.89. The molecule has 2 aliphatic rings. The minimum atomic E-state index is -3.56. The molecule has 2 saturated heterocycles. The van der Waals surface area contributed by atoms with Gasteiger partial charge in [0.1, 0.15) is 18.8 Å². The monoisotopic (exact) mass is 426 g/mol. The molecule has 0 unspecified atom stereocenters. The number of sulfonamides is 1.